The molecule has 3 N–H and O–H groups in total. The van der Waals surface area contributed by atoms with Crippen LogP contribution in [0.5, 0.6) is 5.88 Å². The number of nitrogens with two attached hydrogens (primary N) is 1. The molecule has 2 aromatic rings. The van der Waals surface area contributed by atoms with E-state index in [4.69, 9.17) is 5.73 Å². The molecule has 1 aromatic heterocycles. The van der Waals surface area contributed by atoms with Crippen molar-refractivity contribution in [3.8, 4) is 5.88 Å². The lowest BCUT2D eigenvalue weighted by Crippen LogP contribution is -2.58. The fourth-order valence-corrected chi connectivity index (χ4v) is 3.41. The van der Waals surface area contributed by atoms with Crippen LogP contribution in [0.2, 0.25) is 0 Å². The minimum Gasteiger partial charge on any atom is -0.468 e. The van der Waals surface area contributed by atoms with Crippen LogP contribution >= 0.6 is 0 Å². The number of pyridine rings is 1. The molecule has 1 amide bonds. The van der Waals surface area contributed by atoms with E-state index in [1.54, 1.807) is 20.8 Å². The number of benzene rings is 1. The summed E-state index contributed by atoms with van der Waals surface area (Å²) in [6.45, 7) is 3.54. The Morgan fingerprint density at radius 1 is 1.16 bits per heavy atom. The van der Waals surface area contributed by atoms with E-state index < -0.39 is 29.6 Å². The van der Waals surface area contributed by atoms with Crippen molar-refractivity contribution in [3.05, 3.63) is 47.9 Å². The number of guanidine groups is 1. The molecule has 0 saturated carbocycles. The van der Waals surface area contributed by atoms with Crippen molar-refractivity contribution in [1.82, 2.24) is 9.88 Å². The first-order valence-electron chi connectivity index (χ1n) is 9.61. The zero-order valence-electron chi connectivity index (χ0n) is 17.9. The number of aromatic nitrogens is 1. The summed E-state index contributed by atoms with van der Waals surface area (Å²) in [5.74, 6) is -1.07. The van der Waals surface area contributed by atoms with E-state index in [0.29, 0.717) is 11.4 Å². The fourth-order valence-electron chi connectivity index (χ4n) is 3.41. The highest BCUT2D eigenvalue weighted by Gasteiger charge is 2.53. The van der Waals surface area contributed by atoms with Gasteiger partial charge in [-0.05, 0) is 45.0 Å². The van der Waals surface area contributed by atoms with Gasteiger partial charge in [-0.25, -0.2) is 14.4 Å². The Bertz CT molecular complexity index is 1050. The number of carbonyl (C=O) groups is 1. The van der Waals surface area contributed by atoms with E-state index in [0.717, 1.165) is 0 Å². The third-order valence-electron chi connectivity index (χ3n) is 5.64. The molecule has 0 fully saturated rings. The Labute approximate surface area is 182 Å². The lowest BCUT2D eigenvalue weighted by Gasteiger charge is -2.46. The molecule has 11 heteroatoms. The largest absolute Gasteiger partial charge is 0.468 e. The number of hydrogen-bond donors (Lipinski definition) is 2. The van der Waals surface area contributed by atoms with Crippen molar-refractivity contribution < 1.29 is 27.1 Å². The van der Waals surface area contributed by atoms with Crippen LogP contribution in [0.1, 0.15) is 26.3 Å². The second-order valence-corrected chi connectivity index (χ2v) is 8.14. The summed E-state index contributed by atoms with van der Waals surface area (Å²) in [4.78, 5) is 22.3. The van der Waals surface area contributed by atoms with Crippen LogP contribution in [0.3, 0.4) is 0 Å². The van der Waals surface area contributed by atoms with Gasteiger partial charge in [0.25, 0.3) is 0 Å². The third-order valence-corrected chi connectivity index (χ3v) is 5.64. The third kappa shape index (κ3) is 4.32. The molecule has 0 spiro atoms. The van der Waals surface area contributed by atoms with E-state index in [-0.39, 0.29) is 23.3 Å². The van der Waals surface area contributed by atoms with Gasteiger partial charge >= 0.3 is 6.18 Å². The average Bonchev–Trinajstić information content (AvgIpc) is 2.71. The van der Waals surface area contributed by atoms with E-state index in [2.05, 4.69) is 20.0 Å². The number of hydrogen-bond acceptors (Lipinski definition) is 6. The van der Waals surface area contributed by atoms with Gasteiger partial charge in [-0.2, -0.15) is 13.2 Å². The second-order valence-electron chi connectivity index (χ2n) is 8.14. The van der Waals surface area contributed by atoms with Crippen LogP contribution in [0.15, 0.2) is 41.5 Å². The van der Waals surface area contributed by atoms with E-state index in [1.165, 1.54) is 48.5 Å². The molecule has 1 aliphatic rings. The van der Waals surface area contributed by atoms with Crippen molar-refractivity contribution in [3.63, 3.8) is 0 Å². The molecule has 1 aromatic carbocycles. The minimum absolute atomic E-state index is 0.0202. The van der Waals surface area contributed by atoms with Gasteiger partial charge in [-0.15, -0.1) is 0 Å². The predicted octanol–water partition coefficient (Wildman–Crippen LogP) is 3.93. The molecule has 0 saturated heterocycles. The van der Waals surface area contributed by atoms with Crippen LogP contribution in [0, 0.1) is 11.2 Å². The number of amides is 1. The number of ether oxygens (including phenoxy) is 1. The molecular formula is C21H23F4N5O2. The summed E-state index contributed by atoms with van der Waals surface area (Å²) in [5.41, 5.74) is 4.59. The van der Waals surface area contributed by atoms with Crippen molar-refractivity contribution >= 4 is 23.2 Å². The molecule has 3 rings (SSSR count). The summed E-state index contributed by atoms with van der Waals surface area (Å²) in [7, 11) is 1.51. The van der Waals surface area contributed by atoms with Crippen LogP contribution in [0.25, 0.3) is 0 Å². The van der Waals surface area contributed by atoms with E-state index in [9.17, 15) is 22.4 Å². The summed E-state index contributed by atoms with van der Waals surface area (Å²) >= 11 is 0. The molecule has 1 atom stereocenters. The van der Waals surface area contributed by atoms with Crippen LogP contribution in [-0.2, 0) is 10.3 Å². The Morgan fingerprint density at radius 3 is 2.41 bits per heavy atom. The summed E-state index contributed by atoms with van der Waals surface area (Å²) < 4.78 is 56.2. The number of anilines is 2. The first-order chi connectivity index (χ1) is 14.7. The number of aliphatic imine (C=N–C) groups is 1. The Morgan fingerprint density at radius 2 is 1.81 bits per heavy atom. The molecule has 0 unspecified atom stereocenters. The van der Waals surface area contributed by atoms with Gasteiger partial charge in [0.15, 0.2) is 12.6 Å². The number of alkyl halides is 3. The number of nitrogens with zero attached hydrogens (tertiary/aromatic N) is 3. The Hall–Kier alpha value is -3.37. The van der Waals surface area contributed by atoms with Gasteiger partial charge in [0, 0.05) is 24.4 Å². The Balaban J connectivity index is 1.89. The molecule has 2 heterocycles. The van der Waals surface area contributed by atoms with Gasteiger partial charge in [0.2, 0.25) is 11.8 Å². The maximum absolute atomic E-state index is 14.9. The van der Waals surface area contributed by atoms with Gasteiger partial charge in [0.05, 0.1) is 17.3 Å². The van der Waals surface area contributed by atoms with Crippen LogP contribution < -0.4 is 15.8 Å². The summed E-state index contributed by atoms with van der Waals surface area (Å²) in [6, 6.07) is 6.99. The summed E-state index contributed by atoms with van der Waals surface area (Å²) in [6.07, 6.45) is -3.18. The standard InChI is InChI=1S/C21H23F4N5O2/c1-19(2)17(31)30(4)18(26)29-20(19,3)14-9-12(5-7-15(14)22)28-13-6-8-16(27-10-13)32-11-21(23,24)25/h5-10,28H,11H2,1-4H3,(H2,26,29)/t20-/m1/s1. The van der Waals surface area contributed by atoms with Crippen LogP contribution in [-0.4, -0.2) is 41.6 Å². The number of rotatable bonds is 5. The molecule has 0 bridgehead atoms. The lowest BCUT2D eigenvalue weighted by atomic mass is 9.67. The molecule has 1 aliphatic heterocycles. The first kappa shape index (κ1) is 23.3. The average molecular weight is 453 g/mol. The van der Waals surface area contributed by atoms with Gasteiger partial charge in [-0.1, -0.05) is 0 Å². The Kier molecular flexibility index (Phi) is 5.79. The van der Waals surface area contributed by atoms with Gasteiger partial charge in [-0.3, -0.25) is 9.69 Å². The fraction of sp³-hybridized carbons (Fsp3) is 0.381. The molecule has 7 nitrogen and oxygen atoms in total. The molecule has 0 radical (unpaired) electrons. The smallest absolute Gasteiger partial charge is 0.422 e. The number of nitrogens with one attached hydrogen (secondary N) is 1. The quantitative estimate of drug-likeness (QED) is 0.670. The molecule has 32 heavy (non-hydrogen) atoms. The van der Waals surface area contributed by atoms with E-state index in [1.807, 2.05) is 0 Å². The lowest BCUT2D eigenvalue weighted by molar-refractivity contribution is -0.154. The predicted molar refractivity (Wildman–Crippen MR) is 111 cm³/mol. The van der Waals surface area contributed by atoms with Crippen molar-refractivity contribution in [1.29, 1.82) is 0 Å². The molecular weight excluding hydrogens is 430 g/mol. The topological polar surface area (TPSA) is 92.8 Å². The van der Waals surface area contributed by atoms with Gasteiger partial charge < -0.3 is 15.8 Å². The monoisotopic (exact) mass is 453 g/mol. The molecule has 172 valence electrons. The SMILES string of the molecule is CN1C(=O)C(C)(C)[C@@](C)(c2cc(Nc3ccc(OCC(F)(F)F)nc3)ccc2F)N=C1N. The van der Waals surface area contributed by atoms with Crippen molar-refractivity contribution in [2.45, 2.75) is 32.5 Å². The zero-order chi connectivity index (χ0) is 23.9. The summed E-state index contributed by atoms with van der Waals surface area (Å²) in [5, 5.41) is 3.00. The first-order valence-corrected chi connectivity index (χ1v) is 9.61. The maximum Gasteiger partial charge on any atom is 0.422 e. The number of carbonyl (C=O) groups excluding carboxylic acids is 1. The minimum atomic E-state index is -4.46. The van der Waals surface area contributed by atoms with Crippen molar-refractivity contribution in [2.75, 3.05) is 19.0 Å². The number of halogens is 4. The zero-order valence-corrected chi connectivity index (χ0v) is 17.9. The normalized spacial score (nSPS) is 20.7. The highest BCUT2D eigenvalue weighted by Crippen LogP contribution is 2.47. The highest BCUT2D eigenvalue weighted by molar-refractivity contribution is 6.01. The van der Waals surface area contributed by atoms with E-state index >= 15 is 0 Å². The maximum atomic E-state index is 14.9. The van der Waals surface area contributed by atoms with Gasteiger partial charge in [0.1, 0.15) is 11.4 Å². The van der Waals surface area contributed by atoms with Crippen molar-refractivity contribution in [2.24, 2.45) is 16.1 Å². The molecule has 0 aliphatic carbocycles. The van der Waals surface area contributed by atoms with Crippen LogP contribution in [0.4, 0.5) is 28.9 Å². The second kappa shape index (κ2) is 7.95. The highest BCUT2D eigenvalue weighted by atomic mass is 19.4.